The first kappa shape index (κ1) is 13.2. The van der Waals surface area contributed by atoms with E-state index in [4.69, 9.17) is 10.7 Å². The average Bonchev–Trinajstić information content (AvgIpc) is 3.01. The van der Waals surface area contributed by atoms with E-state index in [0.29, 0.717) is 0 Å². The summed E-state index contributed by atoms with van der Waals surface area (Å²) in [5, 5.41) is 2.47. The molecule has 1 aromatic heterocycles. The van der Waals surface area contributed by atoms with Crippen LogP contribution in [0.4, 0.5) is 5.95 Å². The van der Waals surface area contributed by atoms with Crippen molar-refractivity contribution in [1.82, 2.24) is 9.97 Å². The van der Waals surface area contributed by atoms with Gasteiger partial charge in [-0.25, -0.2) is 9.97 Å². The van der Waals surface area contributed by atoms with Crippen molar-refractivity contribution in [2.45, 2.75) is 12.5 Å². The highest BCUT2D eigenvalue weighted by molar-refractivity contribution is 5.86. The molecular weight excluding hydrogens is 272 g/mol. The molecule has 0 amide bonds. The Labute approximate surface area is 129 Å². The fourth-order valence-electron chi connectivity index (χ4n) is 2.98. The Hall–Kier alpha value is -2.46. The maximum Gasteiger partial charge on any atom is 0.225 e. The average molecular weight is 290 g/mol. The molecule has 4 nitrogen and oxygen atoms in total. The van der Waals surface area contributed by atoms with Crippen LogP contribution in [0.1, 0.15) is 6.42 Å². The monoisotopic (exact) mass is 290 g/mol. The largest absolute Gasteiger partial charge is 0.339 e. The lowest BCUT2D eigenvalue weighted by Gasteiger charge is -2.16. The van der Waals surface area contributed by atoms with Crippen molar-refractivity contribution in [3.8, 4) is 11.3 Å². The molecule has 1 aliphatic rings. The quantitative estimate of drug-likeness (QED) is 0.788. The Morgan fingerprint density at radius 1 is 1.05 bits per heavy atom. The third kappa shape index (κ3) is 2.42. The molecule has 0 spiro atoms. The third-order valence-electron chi connectivity index (χ3n) is 4.20. The summed E-state index contributed by atoms with van der Waals surface area (Å²) < 4.78 is 0. The molecule has 1 atom stereocenters. The van der Waals surface area contributed by atoms with E-state index in [1.165, 1.54) is 10.8 Å². The van der Waals surface area contributed by atoms with E-state index in [9.17, 15) is 0 Å². The summed E-state index contributed by atoms with van der Waals surface area (Å²) in [6.45, 7) is 1.77. The van der Waals surface area contributed by atoms with E-state index < -0.39 is 0 Å². The van der Waals surface area contributed by atoms with Gasteiger partial charge in [-0.05, 0) is 29.3 Å². The molecule has 4 heteroatoms. The second kappa shape index (κ2) is 5.39. The van der Waals surface area contributed by atoms with Crippen LogP contribution >= 0.6 is 0 Å². The molecule has 1 aliphatic heterocycles. The second-order valence-corrected chi connectivity index (χ2v) is 5.80. The Bertz CT molecular complexity index is 815. The molecule has 0 bridgehead atoms. The van der Waals surface area contributed by atoms with Gasteiger partial charge in [0.15, 0.2) is 0 Å². The summed E-state index contributed by atoms with van der Waals surface area (Å²) in [7, 11) is 0. The molecule has 110 valence electrons. The van der Waals surface area contributed by atoms with Gasteiger partial charge < -0.3 is 10.6 Å². The topological polar surface area (TPSA) is 55.0 Å². The van der Waals surface area contributed by atoms with E-state index in [1.54, 1.807) is 0 Å². The summed E-state index contributed by atoms with van der Waals surface area (Å²) in [6, 6.07) is 17.0. The normalized spacial score (nSPS) is 18.0. The number of nitrogens with zero attached hydrogens (tertiary/aromatic N) is 3. The van der Waals surface area contributed by atoms with Crippen LogP contribution in [-0.2, 0) is 0 Å². The Balaban J connectivity index is 1.71. The van der Waals surface area contributed by atoms with Crippen molar-refractivity contribution in [2.75, 3.05) is 18.0 Å². The van der Waals surface area contributed by atoms with Gasteiger partial charge in [-0.3, -0.25) is 0 Å². The van der Waals surface area contributed by atoms with Crippen LogP contribution in [0.5, 0.6) is 0 Å². The molecule has 22 heavy (non-hydrogen) atoms. The number of fused-ring (bicyclic) bond motifs is 1. The first-order chi connectivity index (χ1) is 10.8. The third-order valence-corrected chi connectivity index (χ3v) is 4.20. The van der Waals surface area contributed by atoms with Crippen LogP contribution in [0.2, 0.25) is 0 Å². The molecule has 0 aliphatic carbocycles. The predicted molar refractivity (Wildman–Crippen MR) is 89.8 cm³/mol. The Morgan fingerprint density at radius 3 is 2.73 bits per heavy atom. The van der Waals surface area contributed by atoms with Gasteiger partial charge in [-0.15, -0.1) is 0 Å². The van der Waals surface area contributed by atoms with Crippen LogP contribution in [0, 0.1) is 0 Å². The number of hydrogen-bond donors (Lipinski definition) is 1. The minimum absolute atomic E-state index is 0.230. The van der Waals surface area contributed by atoms with Crippen LogP contribution in [0.25, 0.3) is 22.0 Å². The number of aromatic nitrogens is 2. The van der Waals surface area contributed by atoms with E-state index in [0.717, 1.165) is 36.7 Å². The first-order valence-electron chi connectivity index (χ1n) is 7.62. The number of anilines is 1. The summed E-state index contributed by atoms with van der Waals surface area (Å²) in [4.78, 5) is 11.3. The van der Waals surface area contributed by atoms with Gasteiger partial charge in [0, 0.05) is 30.9 Å². The molecular formula is C18H18N4. The zero-order valence-electron chi connectivity index (χ0n) is 12.3. The molecule has 1 saturated heterocycles. The second-order valence-electron chi connectivity index (χ2n) is 5.80. The van der Waals surface area contributed by atoms with Gasteiger partial charge in [0.1, 0.15) is 0 Å². The molecule has 2 heterocycles. The maximum absolute atomic E-state index is 5.98. The summed E-state index contributed by atoms with van der Waals surface area (Å²) in [6.07, 6.45) is 2.83. The standard InChI is InChI=1S/C18H18N4/c19-16-8-10-22(12-16)18-20-9-7-17(21-18)15-6-5-13-3-1-2-4-14(13)11-15/h1-7,9,11,16H,8,10,12,19H2/t16-/m1/s1. The number of hydrogen-bond acceptors (Lipinski definition) is 4. The summed E-state index contributed by atoms with van der Waals surface area (Å²) in [5.74, 6) is 0.776. The molecule has 4 rings (SSSR count). The van der Waals surface area contributed by atoms with Crippen LogP contribution in [0.15, 0.2) is 54.7 Å². The van der Waals surface area contributed by atoms with Crippen LogP contribution < -0.4 is 10.6 Å². The minimum Gasteiger partial charge on any atom is -0.339 e. The highest BCUT2D eigenvalue weighted by atomic mass is 15.3. The van der Waals surface area contributed by atoms with Crippen molar-refractivity contribution >= 4 is 16.7 Å². The summed E-state index contributed by atoms with van der Waals surface area (Å²) in [5.41, 5.74) is 8.05. The smallest absolute Gasteiger partial charge is 0.225 e. The van der Waals surface area contributed by atoms with Gasteiger partial charge in [0.2, 0.25) is 5.95 Å². The SMILES string of the molecule is N[C@@H]1CCN(c2nccc(-c3ccc4ccccc4c3)n2)C1. The van der Waals surface area contributed by atoms with Crippen molar-refractivity contribution < 1.29 is 0 Å². The zero-order valence-corrected chi connectivity index (χ0v) is 12.3. The molecule has 2 N–H and O–H groups in total. The van der Waals surface area contributed by atoms with Gasteiger partial charge >= 0.3 is 0 Å². The highest BCUT2D eigenvalue weighted by Gasteiger charge is 2.21. The zero-order chi connectivity index (χ0) is 14.9. The number of rotatable bonds is 2. The molecule has 1 fully saturated rings. The Kier molecular flexibility index (Phi) is 3.24. The van der Waals surface area contributed by atoms with E-state index >= 15 is 0 Å². The predicted octanol–water partition coefficient (Wildman–Crippen LogP) is 2.83. The van der Waals surface area contributed by atoms with Crippen molar-refractivity contribution in [3.05, 3.63) is 54.7 Å². The Morgan fingerprint density at radius 2 is 1.91 bits per heavy atom. The van der Waals surface area contributed by atoms with E-state index in [1.807, 2.05) is 12.3 Å². The summed E-state index contributed by atoms with van der Waals surface area (Å²) >= 11 is 0. The van der Waals surface area contributed by atoms with Gasteiger partial charge in [0.05, 0.1) is 5.69 Å². The molecule has 2 aromatic carbocycles. The lowest BCUT2D eigenvalue weighted by molar-refractivity contribution is 0.750. The molecule has 3 aromatic rings. The van der Waals surface area contributed by atoms with Crippen LogP contribution in [-0.4, -0.2) is 29.1 Å². The number of nitrogens with two attached hydrogens (primary N) is 1. The highest BCUT2D eigenvalue weighted by Crippen LogP contribution is 2.24. The molecule has 0 saturated carbocycles. The fourth-order valence-corrected chi connectivity index (χ4v) is 2.98. The molecule has 0 radical (unpaired) electrons. The van der Waals surface area contributed by atoms with E-state index in [-0.39, 0.29) is 6.04 Å². The maximum atomic E-state index is 5.98. The molecule has 0 unspecified atom stereocenters. The first-order valence-corrected chi connectivity index (χ1v) is 7.62. The van der Waals surface area contributed by atoms with Gasteiger partial charge in [-0.2, -0.15) is 0 Å². The van der Waals surface area contributed by atoms with Gasteiger partial charge in [0.25, 0.3) is 0 Å². The van der Waals surface area contributed by atoms with Crippen LogP contribution in [0.3, 0.4) is 0 Å². The van der Waals surface area contributed by atoms with Crippen molar-refractivity contribution in [1.29, 1.82) is 0 Å². The lowest BCUT2D eigenvalue weighted by Crippen LogP contribution is -2.27. The minimum atomic E-state index is 0.230. The van der Waals surface area contributed by atoms with Gasteiger partial charge in [-0.1, -0.05) is 36.4 Å². The van der Waals surface area contributed by atoms with E-state index in [2.05, 4.69) is 52.3 Å². The van der Waals surface area contributed by atoms with Crippen molar-refractivity contribution in [2.24, 2.45) is 5.73 Å². The fraction of sp³-hybridized carbons (Fsp3) is 0.222. The number of benzene rings is 2. The lowest BCUT2D eigenvalue weighted by atomic mass is 10.1. The van der Waals surface area contributed by atoms with Crippen molar-refractivity contribution in [3.63, 3.8) is 0 Å².